The average Bonchev–Trinajstić information content (AvgIpc) is 3.15. The second-order valence-electron chi connectivity index (χ2n) is 6.22. The third kappa shape index (κ3) is 3.19. The van der Waals surface area contributed by atoms with Crippen molar-refractivity contribution in [2.75, 3.05) is 13.1 Å². The summed E-state index contributed by atoms with van der Waals surface area (Å²) in [6.45, 7) is 1.30. The molecule has 0 unspecified atom stereocenters. The minimum Gasteiger partial charge on any atom is -0.342 e. The second kappa shape index (κ2) is 6.76. The number of benzene rings is 1. The number of carbonyl (C=O) groups excluding carboxylic acids is 1. The van der Waals surface area contributed by atoms with Gasteiger partial charge in [0.15, 0.2) is 0 Å². The Balaban J connectivity index is 1.46. The summed E-state index contributed by atoms with van der Waals surface area (Å²) >= 11 is 1.60. The van der Waals surface area contributed by atoms with Gasteiger partial charge >= 0.3 is 0 Å². The Morgan fingerprint density at radius 1 is 1.16 bits per heavy atom. The molecule has 1 aliphatic heterocycles. The van der Waals surface area contributed by atoms with E-state index in [9.17, 15) is 9.59 Å². The number of carbonyl (C=O) groups is 1. The summed E-state index contributed by atoms with van der Waals surface area (Å²) in [6.07, 6.45) is 1.91. The number of hydrogen-bond acceptors (Lipinski definition) is 5. The highest BCUT2D eigenvalue weighted by Gasteiger charge is 2.25. The lowest BCUT2D eigenvalue weighted by Crippen LogP contribution is -2.42. The Labute approximate surface area is 148 Å². The molecule has 3 aromatic rings. The van der Waals surface area contributed by atoms with E-state index in [1.165, 1.54) is 4.68 Å². The average molecular weight is 354 g/mol. The van der Waals surface area contributed by atoms with Crippen LogP contribution < -0.4 is 5.56 Å². The first-order valence-electron chi connectivity index (χ1n) is 8.37. The molecule has 1 aromatic carbocycles. The van der Waals surface area contributed by atoms with E-state index in [1.54, 1.807) is 23.5 Å². The fraction of sp³-hybridized carbons (Fsp3) is 0.333. The van der Waals surface area contributed by atoms with Crippen molar-refractivity contribution < 1.29 is 4.79 Å². The first-order chi connectivity index (χ1) is 12.2. The van der Waals surface area contributed by atoms with E-state index in [0.29, 0.717) is 30.4 Å². The summed E-state index contributed by atoms with van der Waals surface area (Å²) in [7, 11) is 0. The van der Waals surface area contributed by atoms with Crippen LogP contribution in [0, 0.1) is 0 Å². The minimum atomic E-state index is -0.103. The van der Waals surface area contributed by atoms with Gasteiger partial charge in [0.2, 0.25) is 5.91 Å². The third-order valence-corrected chi connectivity index (χ3v) is 5.54. The maximum Gasteiger partial charge on any atom is 0.277 e. The van der Waals surface area contributed by atoms with Gasteiger partial charge in [-0.3, -0.25) is 9.59 Å². The van der Waals surface area contributed by atoms with Gasteiger partial charge in [-0.15, -0.1) is 16.4 Å². The number of amides is 1. The van der Waals surface area contributed by atoms with Crippen molar-refractivity contribution >= 4 is 28.1 Å². The molecule has 6 nitrogen and oxygen atoms in total. The molecule has 0 spiro atoms. The van der Waals surface area contributed by atoms with Crippen LogP contribution in [0.5, 0.6) is 0 Å². The van der Waals surface area contributed by atoms with Crippen molar-refractivity contribution in [3.8, 4) is 0 Å². The molecule has 3 heterocycles. The van der Waals surface area contributed by atoms with Gasteiger partial charge in [0.25, 0.3) is 5.56 Å². The molecule has 0 atom stereocenters. The molecular weight excluding hydrogens is 336 g/mol. The Morgan fingerprint density at radius 2 is 1.96 bits per heavy atom. The standard InChI is InChI=1S/C18H18N4O2S/c23-17(12-14-4-3-11-25-14)21-9-7-13(8-10-21)22-18(24)15-5-1-2-6-16(15)19-20-22/h1-6,11,13H,7-10,12H2. The summed E-state index contributed by atoms with van der Waals surface area (Å²) in [5, 5.41) is 10.8. The van der Waals surface area contributed by atoms with Crippen molar-refractivity contribution in [3.63, 3.8) is 0 Å². The number of rotatable bonds is 3. The van der Waals surface area contributed by atoms with Crippen molar-refractivity contribution in [1.82, 2.24) is 19.9 Å². The van der Waals surface area contributed by atoms with Crippen molar-refractivity contribution in [1.29, 1.82) is 0 Å². The van der Waals surface area contributed by atoms with Crippen LogP contribution in [0.15, 0.2) is 46.6 Å². The van der Waals surface area contributed by atoms with Crippen LogP contribution in [0.1, 0.15) is 23.8 Å². The highest BCUT2D eigenvalue weighted by molar-refractivity contribution is 7.10. The summed E-state index contributed by atoms with van der Waals surface area (Å²) < 4.78 is 1.49. The third-order valence-electron chi connectivity index (χ3n) is 4.66. The predicted octanol–water partition coefficient (Wildman–Crippen LogP) is 2.26. The van der Waals surface area contributed by atoms with Crippen molar-refractivity contribution in [2.45, 2.75) is 25.3 Å². The van der Waals surface area contributed by atoms with E-state index in [2.05, 4.69) is 10.3 Å². The number of piperidine rings is 1. The summed E-state index contributed by atoms with van der Waals surface area (Å²) in [5.41, 5.74) is 0.515. The van der Waals surface area contributed by atoms with Gasteiger partial charge in [0.05, 0.1) is 17.8 Å². The largest absolute Gasteiger partial charge is 0.342 e. The molecule has 1 fully saturated rings. The van der Waals surface area contributed by atoms with Gasteiger partial charge in [0, 0.05) is 18.0 Å². The Hall–Kier alpha value is -2.54. The SMILES string of the molecule is O=C(Cc1cccs1)N1CCC(n2nnc3ccccc3c2=O)CC1. The molecule has 0 N–H and O–H groups in total. The maximum absolute atomic E-state index is 12.6. The number of aromatic nitrogens is 3. The van der Waals surface area contributed by atoms with Crippen LogP contribution in [0.3, 0.4) is 0 Å². The predicted molar refractivity (Wildman–Crippen MR) is 96.7 cm³/mol. The molecule has 1 saturated heterocycles. The van der Waals surface area contributed by atoms with Crippen LogP contribution in [0.2, 0.25) is 0 Å². The highest BCUT2D eigenvalue weighted by Crippen LogP contribution is 2.22. The number of thiophene rings is 1. The molecule has 1 aliphatic rings. The summed E-state index contributed by atoms with van der Waals surface area (Å²) in [6, 6.07) is 11.2. The first-order valence-corrected chi connectivity index (χ1v) is 9.25. The Morgan fingerprint density at radius 3 is 2.72 bits per heavy atom. The van der Waals surface area contributed by atoms with E-state index in [4.69, 9.17) is 0 Å². The van der Waals surface area contributed by atoms with Crippen LogP contribution in [-0.2, 0) is 11.2 Å². The quantitative estimate of drug-likeness (QED) is 0.723. The van der Waals surface area contributed by atoms with Crippen LogP contribution in [0.25, 0.3) is 10.9 Å². The topological polar surface area (TPSA) is 68.1 Å². The molecule has 0 bridgehead atoms. The number of fused-ring (bicyclic) bond motifs is 1. The first kappa shape index (κ1) is 16.0. The fourth-order valence-electron chi connectivity index (χ4n) is 3.27. The van der Waals surface area contributed by atoms with Gasteiger partial charge < -0.3 is 4.90 Å². The van der Waals surface area contributed by atoms with E-state index < -0.39 is 0 Å². The lowest BCUT2D eigenvalue weighted by Gasteiger charge is -2.32. The summed E-state index contributed by atoms with van der Waals surface area (Å²) in [5.74, 6) is 0.151. The van der Waals surface area contributed by atoms with Gasteiger partial charge in [-0.25, -0.2) is 4.68 Å². The van der Waals surface area contributed by atoms with Gasteiger partial charge in [-0.2, -0.15) is 0 Å². The lowest BCUT2D eigenvalue weighted by molar-refractivity contribution is -0.131. The van der Waals surface area contributed by atoms with E-state index in [0.717, 1.165) is 17.7 Å². The van der Waals surface area contributed by atoms with Crippen molar-refractivity contribution in [2.24, 2.45) is 0 Å². The van der Waals surface area contributed by atoms with Crippen LogP contribution in [0.4, 0.5) is 0 Å². The highest BCUT2D eigenvalue weighted by atomic mass is 32.1. The van der Waals surface area contributed by atoms with E-state index in [-0.39, 0.29) is 17.5 Å². The molecule has 128 valence electrons. The van der Waals surface area contributed by atoms with Crippen LogP contribution >= 0.6 is 11.3 Å². The zero-order valence-corrected chi connectivity index (χ0v) is 14.5. The zero-order valence-electron chi connectivity index (χ0n) is 13.7. The molecule has 2 aromatic heterocycles. The molecule has 1 amide bonds. The normalized spacial score (nSPS) is 15.6. The Kier molecular flexibility index (Phi) is 4.31. The van der Waals surface area contributed by atoms with E-state index >= 15 is 0 Å². The molecule has 0 radical (unpaired) electrons. The van der Waals surface area contributed by atoms with E-state index in [1.807, 2.05) is 34.5 Å². The fourth-order valence-corrected chi connectivity index (χ4v) is 3.97. The van der Waals surface area contributed by atoms with Crippen molar-refractivity contribution in [3.05, 3.63) is 57.0 Å². The minimum absolute atomic E-state index is 0.00426. The molecule has 0 saturated carbocycles. The zero-order chi connectivity index (χ0) is 17.2. The monoisotopic (exact) mass is 354 g/mol. The number of hydrogen-bond donors (Lipinski definition) is 0. The lowest BCUT2D eigenvalue weighted by atomic mass is 10.0. The maximum atomic E-state index is 12.6. The molecule has 4 rings (SSSR count). The molecule has 25 heavy (non-hydrogen) atoms. The Bertz CT molecular complexity index is 943. The molecular formula is C18H18N4O2S. The second-order valence-corrected chi connectivity index (χ2v) is 7.26. The van der Waals surface area contributed by atoms with Crippen LogP contribution in [-0.4, -0.2) is 38.9 Å². The van der Waals surface area contributed by atoms with Gasteiger partial charge in [-0.1, -0.05) is 23.4 Å². The number of likely N-dealkylation sites (tertiary alicyclic amines) is 1. The summed E-state index contributed by atoms with van der Waals surface area (Å²) in [4.78, 5) is 28.0. The molecule has 7 heteroatoms. The molecule has 0 aliphatic carbocycles. The van der Waals surface area contributed by atoms with Gasteiger partial charge in [0.1, 0.15) is 5.52 Å². The number of nitrogens with zero attached hydrogens (tertiary/aromatic N) is 4. The van der Waals surface area contributed by atoms with Gasteiger partial charge in [-0.05, 0) is 36.4 Å². The smallest absolute Gasteiger partial charge is 0.277 e.